The topological polar surface area (TPSA) is 69.2 Å². The zero-order valence-electron chi connectivity index (χ0n) is 19.9. The normalized spacial score (nSPS) is 17.1. The zero-order chi connectivity index (χ0) is 22.1. The molecule has 2 rings (SSSR count). The number of benzene rings is 1. The van der Waals surface area contributed by atoms with Crippen molar-refractivity contribution >= 4 is 36.0 Å². The fourth-order valence-electron chi connectivity index (χ4n) is 3.37. The van der Waals surface area contributed by atoms with Gasteiger partial charge in [-0.2, -0.15) is 0 Å². The summed E-state index contributed by atoms with van der Waals surface area (Å²) < 4.78 is 5.40. The number of ether oxygens (including phenoxy) is 1. The molecule has 0 radical (unpaired) electrons. The maximum absolute atomic E-state index is 12.1. The molecule has 1 aromatic carbocycles. The molecule has 0 bridgehead atoms. The van der Waals surface area contributed by atoms with E-state index in [0.717, 1.165) is 36.7 Å². The third kappa shape index (κ3) is 10.5. The van der Waals surface area contributed by atoms with Gasteiger partial charge in [-0.15, -0.1) is 24.0 Å². The molecule has 1 aromatic rings. The van der Waals surface area contributed by atoms with Crippen molar-refractivity contribution in [2.45, 2.75) is 52.8 Å². The van der Waals surface area contributed by atoms with Crippen LogP contribution in [0.2, 0.25) is 0 Å². The van der Waals surface area contributed by atoms with Gasteiger partial charge in [0.15, 0.2) is 5.96 Å². The van der Waals surface area contributed by atoms with Gasteiger partial charge in [0.25, 0.3) is 0 Å². The van der Waals surface area contributed by atoms with E-state index in [1.165, 1.54) is 13.0 Å². The van der Waals surface area contributed by atoms with Crippen LogP contribution in [0.1, 0.15) is 45.2 Å². The number of rotatable bonds is 7. The van der Waals surface area contributed by atoms with Gasteiger partial charge >= 0.3 is 6.09 Å². The molecule has 1 fully saturated rings. The summed E-state index contributed by atoms with van der Waals surface area (Å²) in [5.41, 5.74) is 1.71. The number of guanidine groups is 1. The molecule has 1 aliphatic heterocycles. The van der Waals surface area contributed by atoms with Crippen LogP contribution in [0.3, 0.4) is 0 Å². The summed E-state index contributed by atoms with van der Waals surface area (Å²) in [7, 11) is 3.93. The van der Waals surface area contributed by atoms with Crippen molar-refractivity contribution in [2.24, 2.45) is 10.9 Å². The lowest BCUT2D eigenvalue weighted by molar-refractivity contribution is 0.0285. The van der Waals surface area contributed by atoms with Crippen LogP contribution < -0.4 is 10.6 Å². The minimum Gasteiger partial charge on any atom is -0.444 e. The molecular weight excluding hydrogens is 505 g/mol. The molecule has 1 atom stereocenters. The molecule has 2 N–H and O–H groups in total. The summed E-state index contributed by atoms with van der Waals surface area (Å²) in [6.45, 7) is 12.9. The lowest BCUT2D eigenvalue weighted by atomic mass is 10.1. The maximum Gasteiger partial charge on any atom is 0.410 e. The van der Waals surface area contributed by atoms with E-state index in [0.29, 0.717) is 19.0 Å². The van der Waals surface area contributed by atoms with Gasteiger partial charge in [-0.3, -0.25) is 0 Å². The van der Waals surface area contributed by atoms with Gasteiger partial charge < -0.3 is 25.2 Å². The average Bonchev–Trinajstić information content (AvgIpc) is 3.09. The van der Waals surface area contributed by atoms with E-state index in [4.69, 9.17) is 9.73 Å². The number of nitrogens with zero attached hydrogens (tertiary/aromatic N) is 3. The number of carbonyl (C=O) groups is 1. The quantitative estimate of drug-likeness (QED) is 0.311. The Balaban J connectivity index is 0.00000480. The molecule has 7 nitrogen and oxygen atoms in total. The number of carbonyl (C=O) groups excluding carboxylic acids is 1. The van der Waals surface area contributed by atoms with Crippen LogP contribution >= 0.6 is 24.0 Å². The molecule has 1 unspecified atom stereocenters. The van der Waals surface area contributed by atoms with Crippen molar-refractivity contribution in [1.29, 1.82) is 0 Å². The highest BCUT2D eigenvalue weighted by molar-refractivity contribution is 14.0. The predicted molar refractivity (Wildman–Crippen MR) is 138 cm³/mol. The molecule has 0 saturated carbocycles. The summed E-state index contributed by atoms with van der Waals surface area (Å²) in [6.07, 6.45) is 0.924. The molecule has 0 spiro atoms. The summed E-state index contributed by atoms with van der Waals surface area (Å²) >= 11 is 0. The Kier molecular flexibility index (Phi) is 11.6. The SMILES string of the molecule is CCNC(=NCc1ccc(CN(C)C(=O)OC(C)(C)C)cc1)NCC1CCN(C)C1.I. The van der Waals surface area contributed by atoms with Crippen LogP contribution in [-0.4, -0.2) is 67.7 Å². The van der Waals surface area contributed by atoms with Crippen molar-refractivity contribution in [2.75, 3.05) is 40.3 Å². The van der Waals surface area contributed by atoms with E-state index in [-0.39, 0.29) is 30.1 Å². The Morgan fingerprint density at radius 3 is 2.42 bits per heavy atom. The fraction of sp³-hybridized carbons (Fsp3) is 0.652. The standard InChI is InChI=1S/C23H39N5O2.HI/c1-7-24-21(26-15-20-12-13-27(5)16-20)25-14-18-8-10-19(11-9-18)17-28(6)22(29)30-23(2,3)4;/h8-11,20H,7,12-17H2,1-6H3,(H2,24,25,26);1H. The van der Waals surface area contributed by atoms with E-state index < -0.39 is 5.60 Å². The van der Waals surface area contributed by atoms with Crippen molar-refractivity contribution < 1.29 is 9.53 Å². The van der Waals surface area contributed by atoms with Gasteiger partial charge in [0, 0.05) is 33.2 Å². The number of halogens is 1. The van der Waals surface area contributed by atoms with E-state index in [1.807, 2.05) is 32.9 Å². The highest BCUT2D eigenvalue weighted by atomic mass is 127. The number of hydrogen-bond acceptors (Lipinski definition) is 4. The second kappa shape index (κ2) is 13.1. The lowest BCUT2D eigenvalue weighted by Crippen LogP contribution is -2.40. The predicted octanol–water partition coefficient (Wildman–Crippen LogP) is 3.68. The van der Waals surface area contributed by atoms with Crippen molar-refractivity contribution in [3.63, 3.8) is 0 Å². The van der Waals surface area contributed by atoms with Crippen LogP contribution in [-0.2, 0) is 17.8 Å². The van der Waals surface area contributed by atoms with Crippen LogP contribution in [0.5, 0.6) is 0 Å². The molecule has 31 heavy (non-hydrogen) atoms. The van der Waals surface area contributed by atoms with Gasteiger partial charge in [-0.05, 0) is 64.8 Å². The Hall–Kier alpha value is -1.55. The molecule has 8 heteroatoms. The minimum absolute atomic E-state index is 0. The first-order chi connectivity index (χ1) is 14.2. The summed E-state index contributed by atoms with van der Waals surface area (Å²) in [5, 5.41) is 6.80. The highest BCUT2D eigenvalue weighted by Gasteiger charge is 2.20. The third-order valence-electron chi connectivity index (χ3n) is 4.96. The van der Waals surface area contributed by atoms with Crippen LogP contribution in [0.15, 0.2) is 29.3 Å². The van der Waals surface area contributed by atoms with Crippen molar-refractivity contribution in [3.05, 3.63) is 35.4 Å². The van der Waals surface area contributed by atoms with E-state index >= 15 is 0 Å². The first-order valence-corrected chi connectivity index (χ1v) is 10.9. The minimum atomic E-state index is -0.487. The fourth-order valence-corrected chi connectivity index (χ4v) is 3.37. The molecule has 1 heterocycles. The smallest absolute Gasteiger partial charge is 0.410 e. The Morgan fingerprint density at radius 1 is 1.23 bits per heavy atom. The second-order valence-electron chi connectivity index (χ2n) is 9.15. The molecule has 1 amide bonds. The van der Waals surface area contributed by atoms with Gasteiger partial charge in [-0.25, -0.2) is 9.79 Å². The number of hydrogen-bond donors (Lipinski definition) is 2. The van der Waals surface area contributed by atoms with E-state index in [2.05, 4.69) is 41.6 Å². The summed E-state index contributed by atoms with van der Waals surface area (Å²) in [6, 6.07) is 8.22. The number of likely N-dealkylation sites (tertiary alicyclic amines) is 1. The number of nitrogens with one attached hydrogen (secondary N) is 2. The molecule has 1 aliphatic rings. The number of aliphatic imine (C=N–C) groups is 1. The van der Waals surface area contributed by atoms with Crippen molar-refractivity contribution in [3.8, 4) is 0 Å². The largest absolute Gasteiger partial charge is 0.444 e. The van der Waals surface area contributed by atoms with Gasteiger partial charge in [-0.1, -0.05) is 24.3 Å². The first-order valence-electron chi connectivity index (χ1n) is 10.9. The van der Waals surface area contributed by atoms with Crippen LogP contribution in [0.4, 0.5) is 4.79 Å². The zero-order valence-corrected chi connectivity index (χ0v) is 22.2. The summed E-state index contributed by atoms with van der Waals surface area (Å²) in [5.74, 6) is 1.54. The summed E-state index contributed by atoms with van der Waals surface area (Å²) in [4.78, 5) is 20.8. The lowest BCUT2D eigenvalue weighted by Gasteiger charge is -2.24. The van der Waals surface area contributed by atoms with E-state index in [1.54, 1.807) is 11.9 Å². The Labute approximate surface area is 205 Å². The third-order valence-corrected chi connectivity index (χ3v) is 4.96. The van der Waals surface area contributed by atoms with E-state index in [9.17, 15) is 4.79 Å². The average molecular weight is 546 g/mol. The van der Waals surface area contributed by atoms with Gasteiger partial charge in [0.1, 0.15) is 5.60 Å². The molecule has 1 saturated heterocycles. The molecule has 176 valence electrons. The van der Waals surface area contributed by atoms with Gasteiger partial charge in [0.2, 0.25) is 0 Å². The Bertz CT molecular complexity index is 703. The Morgan fingerprint density at radius 2 is 1.87 bits per heavy atom. The van der Waals surface area contributed by atoms with Gasteiger partial charge in [0.05, 0.1) is 6.54 Å². The highest BCUT2D eigenvalue weighted by Crippen LogP contribution is 2.14. The molecule has 0 aliphatic carbocycles. The molecular formula is C23H40IN5O2. The monoisotopic (exact) mass is 545 g/mol. The second-order valence-corrected chi connectivity index (χ2v) is 9.15. The number of amides is 1. The molecule has 0 aromatic heterocycles. The van der Waals surface area contributed by atoms with Crippen molar-refractivity contribution in [1.82, 2.24) is 20.4 Å². The van der Waals surface area contributed by atoms with Crippen LogP contribution in [0.25, 0.3) is 0 Å². The maximum atomic E-state index is 12.1. The van der Waals surface area contributed by atoms with Crippen LogP contribution in [0, 0.1) is 5.92 Å². The first kappa shape index (κ1) is 27.5.